The lowest BCUT2D eigenvalue weighted by Gasteiger charge is -2.13. The van der Waals surface area contributed by atoms with Gasteiger partial charge in [0.05, 0.1) is 34.8 Å². The molecule has 0 saturated carbocycles. The van der Waals surface area contributed by atoms with Gasteiger partial charge in [0.1, 0.15) is 17.0 Å². The van der Waals surface area contributed by atoms with Gasteiger partial charge >= 0.3 is 0 Å². The van der Waals surface area contributed by atoms with Gasteiger partial charge in [0, 0.05) is 47.7 Å². The standard InChI is InChI=1S/C26H24FN9/c1-36(2)6-5-29-18-8-15(7-17(27)9-18)20-13-28-14-24-19(20)10-23(32-24)26-25-22(34-35-26)4-3-21(33-25)16-11-30-31-12-16/h3-4,7-14,29,32H,5-6H2,1-2H3,(H,30,31)(H,34,35). The van der Waals surface area contributed by atoms with Crippen LogP contribution in [0.4, 0.5) is 10.1 Å². The topological polar surface area (TPSA) is 114 Å². The first kappa shape index (κ1) is 21.9. The third-order valence-electron chi connectivity index (χ3n) is 6.10. The summed E-state index contributed by atoms with van der Waals surface area (Å²) in [5, 5.41) is 18.6. The molecule has 5 aromatic heterocycles. The number of pyridine rings is 2. The zero-order chi connectivity index (χ0) is 24.6. The molecule has 0 fully saturated rings. The smallest absolute Gasteiger partial charge is 0.135 e. The van der Waals surface area contributed by atoms with Gasteiger partial charge < -0.3 is 15.2 Å². The van der Waals surface area contributed by atoms with Crippen molar-refractivity contribution in [1.29, 1.82) is 0 Å². The molecule has 5 heterocycles. The van der Waals surface area contributed by atoms with Crippen LogP contribution in [0.15, 0.2) is 61.2 Å². The molecular formula is C26H24FN9. The Labute approximate surface area is 205 Å². The van der Waals surface area contributed by atoms with Gasteiger partial charge in [0.2, 0.25) is 0 Å². The van der Waals surface area contributed by atoms with E-state index in [0.717, 1.165) is 62.2 Å². The van der Waals surface area contributed by atoms with Crippen LogP contribution in [-0.4, -0.2) is 67.4 Å². The van der Waals surface area contributed by atoms with E-state index in [-0.39, 0.29) is 5.82 Å². The second-order valence-corrected chi connectivity index (χ2v) is 8.94. The third kappa shape index (κ3) is 4.07. The van der Waals surface area contributed by atoms with E-state index < -0.39 is 0 Å². The normalized spacial score (nSPS) is 11.7. The molecule has 0 aliphatic carbocycles. The van der Waals surface area contributed by atoms with Gasteiger partial charge in [-0.2, -0.15) is 10.2 Å². The fourth-order valence-electron chi connectivity index (χ4n) is 4.32. The van der Waals surface area contributed by atoms with E-state index in [9.17, 15) is 4.39 Å². The molecule has 10 heteroatoms. The lowest BCUT2D eigenvalue weighted by Crippen LogP contribution is -2.20. The van der Waals surface area contributed by atoms with Gasteiger partial charge in [-0.25, -0.2) is 9.37 Å². The number of rotatable bonds is 7. The van der Waals surface area contributed by atoms with Crippen molar-refractivity contribution in [2.45, 2.75) is 0 Å². The van der Waals surface area contributed by atoms with E-state index in [0.29, 0.717) is 12.2 Å². The second-order valence-electron chi connectivity index (χ2n) is 8.94. The van der Waals surface area contributed by atoms with Crippen molar-refractivity contribution in [2.24, 2.45) is 0 Å². The van der Waals surface area contributed by atoms with Crippen LogP contribution in [0.1, 0.15) is 0 Å². The minimum atomic E-state index is -0.304. The Kier molecular flexibility index (Phi) is 5.42. The Hall–Kier alpha value is -4.57. The Balaban J connectivity index is 1.41. The third-order valence-corrected chi connectivity index (χ3v) is 6.10. The first-order chi connectivity index (χ1) is 17.5. The van der Waals surface area contributed by atoms with E-state index in [2.05, 4.69) is 40.6 Å². The minimum absolute atomic E-state index is 0.304. The summed E-state index contributed by atoms with van der Waals surface area (Å²) >= 11 is 0. The fraction of sp³-hybridized carbons (Fsp3) is 0.154. The van der Waals surface area contributed by atoms with Crippen LogP contribution in [0.2, 0.25) is 0 Å². The maximum absolute atomic E-state index is 14.5. The van der Waals surface area contributed by atoms with Crippen molar-refractivity contribution >= 4 is 27.6 Å². The molecule has 0 spiro atoms. The van der Waals surface area contributed by atoms with E-state index in [1.807, 2.05) is 38.4 Å². The molecule has 0 amide bonds. The van der Waals surface area contributed by atoms with Crippen molar-refractivity contribution in [2.75, 3.05) is 32.5 Å². The maximum atomic E-state index is 14.5. The summed E-state index contributed by atoms with van der Waals surface area (Å²) in [5.74, 6) is -0.304. The van der Waals surface area contributed by atoms with Crippen LogP contribution in [0.25, 0.3) is 55.7 Å². The number of H-pyrrole nitrogens is 3. The molecule has 0 atom stereocenters. The summed E-state index contributed by atoms with van der Waals surface area (Å²) in [6.45, 7) is 1.56. The number of nitrogens with zero attached hydrogens (tertiary/aromatic N) is 5. The first-order valence-corrected chi connectivity index (χ1v) is 11.6. The summed E-state index contributed by atoms with van der Waals surface area (Å²) in [6, 6.07) is 10.9. The summed E-state index contributed by atoms with van der Waals surface area (Å²) in [6.07, 6.45) is 7.06. The highest BCUT2D eigenvalue weighted by Gasteiger charge is 2.16. The number of benzene rings is 1. The van der Waals surface area contributed by atoms with Crippen molar-refractivity contribution in [3.05, 3.63) is 67.0 Å². The Bertz CT molecular complexity index is 1660. The highest BCUT2D eigenvalue weighted by Crippen LogP contribution is 2.34. The molecule has 180 valence electrons. The van der Waals surface area contributed by atoms with Crippen molar-refractivity contribution in [3.63, 3.8) is 0 Å². The first-order valence-electron chi connectivity index (χ1n) is 11.6. The Morgan fingerprint density at radius 2 is 1.92 bits per heavy atom. The highest BCUT2D eigenvalue weighted by molar-refractivity contribution is 6.00. The molecule has 4 N–H and O–H groups in total. The van der Waals surface area contributed by atoms with E-state index in [4.69, 9.17) is 4.98 Å². The summed E-state index contributed by atoms with van der Waals surface area (Å²) in [7, 11) is 4.01. The number of aromatic nitrogens is 7. The predicted molar refractivity (Wildman–Crippen MR) is 139 cm³/mol. The van der Waals surface area contributed by atoms with Crippen molar-refractivity contribution in [1.82, 2.24) is 40.2 Å². The molecule has 0 radical (unpaired) electrons. The monoisotopic (exact) mass is 481 g/mol. The predicted octanol–water partition coefficient (Wildman–Crippen LogP) is 4.67. The highest BCUT2D eigenvalue weighted by atomic mass is 19.1. The molecule has 0 aliphatic rings. The van der Waals surface area contributed by atoms with Gasteiger partial charge in [-0.1, -0.05) is 0 Å². The van der Waals surface area contributed by atoms with Crippen LogP contribution in [0, 0.1) is 5.82 Å². The minimum Gasteiger partial charge on any atom is -0.384 e. The van der Waals surface area contributed by atoms with E-state index >= 15 is 0 Å². The SMILES string of the molecule is CN(C)CCNc1cc(F)cc(-c2cncc3[nH]c(-c4n[nH]c5ccc(-c6cn[nH]c6)nc45)cc23)c1. The Morgan fingerprint density at radius 1 is 1.00 bits per heavy atom. The number of halogens is 1. The second kappa shape index (κ2) is 8.90. The van der Waals surface area contributed by atoms with Crippen LogP contribution in [0.3, 0.4) is 0 Å². The molecule has 36 heavy (non-hydrogen) atoms. The molecule has 0 saturated heterocycles. The number of likely N-dealkylation sites (N-methyl/N-ethyl adjacent to an activating group) is 1. The lowest BCUT2D eigenvalue weighted by atomic mass is 10.0. The molecule has 9 nitrogen and oxygen atoms in total. The largest absolute Gasteiger partial charge is 0.384 e. The molecule has 6 aromatic rings. The number of hydrogen-bond acceptors (Lipinski definition) is 6. The number of nitrogens with one attached hydrogen (secondary N) is 4. The van der Waals surface area contributed by atoms with Crippen molar-refractivity contribution < 1.29 is 4.39 Å². The fourth-order valence-corrected chi connectivity index (χ4v) is 4.32. The van der Waals surface area contributed by atoms with Gasteiger partial charge in [0.15, 0.2) is 0 Å². The quantitative estimate of drug-likeness (QED) is 0.263. The molecule has 0 aliphatic heterocycles. The number of anilines is 1. The number of aromatic amines is 3. The average Bonchev–Trinajstić information content (AvgIpc) is 3.62. The molecule has 0 unspecified atom stereocenters. The van der Waals surface area contributed by atoms with Crippen LogP contribution >= 0.6 is 0 Å². The number of hydrogen-bond donors (Lipinski definition) is 4. The van der Waals surface area contributed by atoms with Crippen molar-refractivity contribution in [3.8, 4) is 33.8 Å². The summed E-state index contributed by atoms with van der Waals surface area (Å²) in [4.78, 5) is 14.7. The van der Waals surface area contributed by atoms with Gasteiger partial charge in [-0.05, 0) is 56.1 Å². The van der Waals surface area contributed by atoms with Gasteiger partial charge in [-0.3, -0.25) is 15.2 Å². The maximum Gasteiger partial charge on any atom is 0.135 e. The zero-order valence-corrected chi connectivity index (χ0v) is 19.8. The van der Waals surface area contributed by atoms with Crippen LogP contribution in [0.5, 0.6) is 0 Å². The molecule has 6 rings (SSSR count). The molecule has 1 aromatic carbocycles. The van der Waals surface area contributed by atoms with Crippen LogP contribution in [-0.2, 0) is 0 Å². The van der Waals surface area contributed by atoms with Gasteiger partial charge in [0.25, 0.3) is 0 Å². The summed E-state index contributed by atoms with van der Waals surface area (Å²) in [5.41, 5.74) is 7.89. The molecular weight excluding hydrogens is 457 g/mol. The van der Waals surface area contributed by atoms with E-state index in [1.54, 1.807) is 24.8 Å². The van der Waals surface area contributed by atoms with E-state index in [1.165, 1.54) is 12.1 Å². The Morgan fingerprint density at radius 3 is 2.75 bits per heavy atom. The lowest BCUT2D eigenvalue weighted by molar-refractivity contribution is 0.425. The molecule has 0 bridgehead atoms. The zero-order valence-electron chi connectivity index (χ0n) is 19.8. The number of fused-ring (bicyclic) bond motifs is 2. The van der Waals surface area contributed by atoms with Crippen LogP contribution < -0.4 is 5.32 Å². The summed E-state index contributed by atoms with van der Waals surface area (Å²) < 4.78 is 14.5. The van der Waals surface area contributed by atoms with Gasteiger partial charge in [-0.15, -0.1) is 0 Å². The average molecular weight is 482 g/mol.